The molecule has 138 valence electrons. The molecule has 2 aliphatic rings. The Morgan fingerprint density at radius 2 is 1.88 bits per heavy atom. The second-order valence-electron chi connectivity index (χ2n) is 6.97. The average molecular weight is 343 g/mol. The predicted octanol–water partition coefficient (Wildman–Crippen LogP) is -0.306. The molecule has 5 atom stereocenters. The Kier molecular flexibility index (Phi) is 5.10. The van der Waals surface area contributed by atoms with Gasteiger partial charge in [-0.15, -0.1) is 0 Å². The zero-order valence-corrected chi connectivity index (χ0v) is 14.8. The van der Waals surface area contributed by atoms with Gasteiger partial charge in [-0.05, 0) is 39.0 Å². The Hall–Kier alpha value is -1.42. The van der Waals surface area contributed by atoms with Gasteiger partial charge in [0.15, 0.2) is 5.72 Å². The van der Waals surface area contributed by atoms with Crippen molar-refractivity contribution < 1.29 is 19.1 Å². The van der Waals surface area contributed by atoms with E-state index in [-0.39, 0.29) is 12.1 Å². The van der Waals surface area contributed by atoms with E-state index in [1.807, 2.05) is 6.92 Å². The fraction of sp³-hybridized carbons (Fsp3) is 0.867. The first-order valence-electron chi connectivity index (χ1n) is 8.20. The molecule has 2 fully saturated rings. The number of nitrogens with two attached hydrogens (primary N) is 3. The van der Waals surface area contributed by atoms with Gasteiger partial charge in [-0.1, -0.05) is 6.42 Å². The molecule has 0 radical (unpaired) electrons. The number of fused-ring (bicyclic) bond motifs is 1. The van der Waals surface area contributed by atoms with E-state index in [0.717, 1.165) is 32.8 Å². The highest BCUT2D eigenvalue weighted by atomic mass is 16.6. The summed E-state index contributed by atoms with van der Waals surface area (Å²) in [5.74, 6) is 5.77. The van der Waals surface area contributed by atoms with Gasteiger partial charge in [0.25, 0.3) is 5.91 Å². The monoisotopic (exact) mass is 343 g/mol. The molecule has 1 saturated carbocycles. The van der Waals surface area contributed by atoms with Crippen molar-refractivity contribution in [3.8, 4) is 0 Å². The van der Waals surface area contributed by atoms with Crippen LogP contribution in [0, 0.1) is 5.92 Å². The quantitative estimate of drug-likeness (QED) is 0.276. The number of nitrogens with zero attached hydrogens (tertiary/aromatic N) is 2. The Morgan fingerprint density at radius 3 is 2.42 bits per heavy atom. The van der Waals surface area contributed by atoms with Crippen molar-refractivity contribution in [3.63, 3.8) is 0 Å². The lowest BCUT2D eigenvalue weighted by Crippen LogP contribution is -2.82. The standard InChI is InChI=1S/C15H29N5O4/c1-9-8-10-6-5-7-11(10)19(9)12(21)15(17,14(2,16)24-4)20(18)13(22)23-3/h9-11H,5-8,16-18H2,1-4H3/t9-,10+,11+,14-,15-/m1/s1. The van der Waals surface area contributed by atoms with Crippen LogP contribution in [0.4, 0.5) is 4.79 Å². The number of carbonyl (C=O) groups excluding carboxylic acids is 2. The van der Waals surface area contributed by atoms with Crippen LogP contribution in [0.2, 0.25) is 0 Å². The minimum atomic E-state index is -2.10. The maximum Gasteiger partial charge on any atom is 0.426 e. The molecule has 1 aliphatic carbocycles. The molecule has 0 spiro atoms. The second kappa shape index (κ2) is 6.47. The van der Waals surface area contributed by atoms with Crippen molar-refractivity contribution in [3.05, 3.63) is 0 Å². The molecule has 6 N–H and O–H groups in total. The SMILES string of the molecule is COC(=O)N(N)[C@](N)(C(=O)N1[C@H](C)C[C@@H]2CCC[C@@H]21)[C@](C)(N)OC. The van der Waals surface area contributed by atoms with Crippen LogP contribution in [0.15, 0.2) is 0 Å². The van der Waals surface area contributed by atoms with Crippen molar-refractivity contribution >= 4 is 12.0 Å². The molecule has 1 aliphatic heterocycles. The van der Waals surface area contributed by atoms with Crippen LogP contribution >= 0.6 is 0 Å². The molecule has 1 saturated heterocycles. The molecule has 0 aromatic carbocycles. The molecule has 9 heteroatoms. The first kappa shape index (κ1) is 18.9. The fourth-order valence-corrected chi connectivity index (χ4v) is 4.04. The molecule has 2 amide bonds. The van der Waals surface area contributed by atoms with Crippen LogP contribution in [0.1, 0.15) is 39.5 Å². The number of carbonyl (C=O) groups is 2. The summed E-state index contributed by atoms with van der Waals surface area (Å²) in [7, 11) is 2.46. The van der Waals surface area contributed by atoms with Crippen LogP contribution in [0.3, 0.4) is 0 Å². The third-order valence-electron chi connectivity index (χ3n) is 5.59. The van der Waals surface area contributed by atoms with Gasteiger partial charge >= 0.3 is 6.09 Å². The Morgan fingerprint density at radius 1 is 1.25 bits per heavy atom. The molecule has 0 bridgehead atoms. The van der Waals surface area contributed by atoms with E-state index in [0.29, 0.717) is 10.9 Å². The minimum absolute atomic E-state index is 0.00516. The minimum Gasteiger partial charge on any atom is -0.452 e. The van der Waals surface area contributed by atoms with Gasteiger partial charge in [-0.2, -0.15) is 0 Å². The summed E-state index contributed by atoms with van der Waals surface area (Å²) in [5, 5.41) is 0.536. The number of methoxy groups -OCH3 is 2. The van der Waals surface area contributed by atoms with Crippen molar-refractivity contribution in [2.24, 2.45) is 23.2 Å². The third kappa shape index (κ3) is 2.65. The van der Waals surface area contributed by atoms with Gasteiger partial charge in [0.1, 0.15) is 0 Å². The highest BCUT2D eigenvalue weighted by Gasteiger charge is 2.60. The number of hydrogen-bond donors (Lipinski definition) is 3. The zero-order chi connectivity index (χ0) is 18.3. The van der Waals surface area contributed by atoms with Crippen molar-refractivity contribution in [2.45, 2.75) is 63.0 Å². The molecule has 0 unspecified atom stereocenters. The largest absolute Gasteiger partial charge is 0.452 e. The first-order valence-corrected chi connectivity index (χ1v) is 8.20. The highest BCUT2D eigenvalue weighted by Crippen LogP contribution is 2.42. The number of ether oxygens (including phenoxy) is 2. The molecular formula is C15H29N5O4. The van der Waals surface area contributed by atoms with E-state index in [4.69, 9.17) is 22.0 Å². The Bertz CT molecular complexity index is 514. The van der Waals surface area contributed by atoms with E-state index >= 15 is 0 Å². The van der Waals surface area contributed by atoms with Gasteiger partial charge in [0.05, 0.1) is 7.11 Å². The predicted molar refractivity (Wildman–Crippen MR) is 87.0 cm³/mol. The Labute approximate surface area is 142 Å². The number of amides is 2. The van der Waals surface area contributed by atoms with Crippen molar-refractivity contribution in [1.29, 1.82) is 0 Å². The average Bonchev–Trinajstić information content (AvgIpc) is 3.11. The molecule has 9 nitrogen and oxygen atoms in total. The lowest BCUT2D eigenvalue weighted by atomic mass is 9.95. The van der Waals surface area contributed by atoms with E-state index < -0.39 is 23.4 Å². The zero-order valence-electron chi connectivity index (χ0n) is 14.8. The summed E-state index contributed by atoms with van der Waals surface area (Å²) in [6.45, 7) is 3.39. The first-order chi connectivity index (χ1) is 11.1. The summed E-state index contributed by atoms with van der Waals surface area (Å²) in [4.78, 5) is 27.1. The number of likely N-dealkylation sites (tertiary alicyclic amines) is 1. The van der Waals surface area contributed by atoms with E-state index in [1.54, 1.807) is 4.90 Å². The van der Waals surface area contributed by atoms with Gasteiger partial charge < -0.3 is 20.1 Å². The van der Waals surface area contributed by atoms with Gasteiger partial charge in [-0.25, -0.2) is 15.6 Å². The van der Waals surface area contributed by atoms with Gasteiger partial charge in [0, 0.05) is 19.2 Å². The molecule has 2 rings (SSSR count). The van der Waals surface area contributed by atoms with Crippen molar-refractivity contribution in [1.82, 2.24) is 9.91 Å². The van der Waals surface area contributed by atoms with Gasteiger partial charge in [0.2, 0.25) is 5.66 Å². The van der Waals surface area contributed by atoms with Crippen molar-refractivity contribution in [2.75, 3.05) is 14.2 Å². The van der Waals surface area contributed by atoms with Crippen LogP contribution in [-0.4, -0.2) is 59.6 Å². The van der Waals surface area contributed by atoms with E-state index in [2.05, 4.69) is 4.74 Å². The smallest absolute Gasteiger partial charge is 0.426 e. The Balaban J connectivity index is 2.43. The maximum atomic E-state index is 13.4. The lowest BCUT2D eigenvalue weighted by Gasteiger charge is -2.47. The molecule has 24 heavy (non-hydrogen) atoms. The summed E-state index contributed by atoms with van der Waals surface area (Å²) < 4.78 is 9.85. The molecule has 1 heterocycles. The maximum absolute atomic E-state index is 13.4. The topological polar surface area (TPSA) is 137 Å². The summed E-state index contributed by atoms with van der Waals surface area (Å²) in [6.07, 6.45) is 3.01. The second-order valence-corrected chi connectivity index (χ2v) is 6.97. The third-order valence-corrected chi connectivity index (χ3v) is 5.59. The summed E-state index contributed by atoms with van der Waals surface area (Å²) in [5.41, 5.74) is 8.65. The number of hydrogen-bond acceptors (Lipinski definition) is 7. The number of rotatable bonds is 4. The molecule has 0 aromatic rings. The van der Waals surface area contributed by atoms with E-state index in [9.17, 15) is 9.59 Å². The van der Waals surface area contributed by atoms with Crippen LogP contribution < -0.4 is 17.3 Å². The molecular weight excluding hydrogens is 314 g/mol. The van der Waals surface area contributed by atoms with Crippen LogP contribution in [0.25, 0.3) is 0 Å². The van der Waals surface area contributed by atoms with E-state index in [1.165, 1.54) is 14.0 Å². The van der Waals surface area contributed by atoms with Crippen LogP contribution in [0.5, 0.6) is 0 Å². The van der Waals surface area contributed by atoms with Gasteiger partial charge in [-0.3, -0.25) is 10.5 Å². The lowest BCUT2D eigenvalue weighted by molar-refractivity contribution is -0.170. The van der Waals surface area contributed by atoms with Crippen LogP contribution in [-0.2, 0) is 14.3 Å². The number of hydrazine groups is 1. The summed E-state index contributed by atoms with van der Waals surface area (Å²) >= 11 is 0. The fourth-order valence-electron chi connectivity index (χ4n) is 4.04. The normalized spacial score (nSPS) is 31.1. The molecule has 0 aromatic heterocycles. The highest BCUT2D eigenvalue weighted by molar-refractivity contribution is 5.91. The summed E-state index contributed by atoms with van der Waals surface area (Å²) in [6, 6.07) is 0.0866.